The zero-order valence-corrected chi connectivity index (χ0v) is 16.9. The molecule has 152 valence electrons. The second-order valence-corrected chi connectivity index (χ2v) is 7.29. The van der Waals surface area contributed by atoms with Gasteiger partial charge in [-0.1, -0.05) is 41.9 Å². The molecule has 1 saturated heterocycles. The van der Waals surface area contributed by atoms with Crippen LogP contribution in [-0.4, -0.2) is 34.9 Å². The van der Waals surface area contributed by atoms with Crippen LogP contribution in [0.4, 0.5) is 17.3 Å². The number of anilines is 3. The third kappa shape index (κ3) is 4.41. The number of para-hydroxylation sites is 2. The van der Waals surface area contributed by atoms with Gasteiger partial charge in [0.2, 0.25) is 5.95 Å². The summed E-state index contributed by atoms with van der Waals surface area (Å²) in [5.41, 5.74) is 1.54. The van der Waals surface area contributed by atoms with E-state index in [4.69, 9.17) is 11.6 Å². The molecule has 0 bridgehead atoms. The van der Waals surface area contributed by atoms with E-state index >= 15 is 0 Å². The first-order valence-corrected chi connectivity index (χ1v) is 10.0. The number of rotatable bonds is 5. The Labute approximate surface area is 179 Å². The van der Waals surface area contributed by atoms with E-state index < -0.39 is 5.91 Å². The van der Waals surface area contributed by atoms with Gasteiger partial charge < -0.3 is 15.5 Å². The highest BCUT2D eigenvalue weighted by atomic mass is 35.5. The number of hydrogen-bond acceptors (Lipinski definition) is 5. The first-order chi connectivity index (χ1) is 14.6. The number of nitrogens with zero attached hydrogens (tertiary/aromatic N) is 3. The molecule has 3 aromatic rings. The van der Waals surface area contributed by atoms with E-state index in [-0.39, 0.29) is 16.6 Å². The van der Waals surface area contributed by atoms with Crippen molar-refractivity contribution in [3.8, 4) is 0 Å². The minimum atomic E-state index is -0.468. The first-order valence-electron chi connectivity index (χ1n) is 9.66. The summed E-state index contributed by atoms with van der Waals surface area (Å²) in [6.45, 7) is 1.72. The highest BCUT2D eigenvalue weighted by molar-refractivity contribution is 6.34. The van der Waals surface area contributed by atoms with Crippen LogP contribution in [0.15, 0.2) is 60.8 Å². The van der Waals surface area contributed by atoms with Crippen LogP contribution in [0, 0.1) is 0 Å². The van der Waals surface area contributed by atoms with E-state index in [0.717, 1.165) is 25.9 Å². The largest absolute Gasteiger partial charge is 0.341 e. The number of aromatic nitrogens is 2. The normalized spacial score (nSPS) is 13.2. The molecule has 1 aliphatic heterocycles. The first kappa shape index (κ1) is 19.8. The molecule has 0 spiro atoms. The van der Waals surface area contributed by atoms with Crippen LogP contribution < -0.4 is 15.5 Å². The molecule has 1 aliphatic rings. The van der Waals surface area contributed by atoms with Crippen molar-refractivity contribution < 1.29 is 9.59 Å². The molecule has 30 heavy (non-hydrogen) atoms. The predicted molar refractivity (Wildman–Crippen MR) is 117 cm³/mol. The number of benzene rings is 2. The Morgan fingerprint density at radius 1 is 0.867 bits per heavy atom. The van der Waals surface area contributed by atoms with Crippen molar-refractivity contribution in [3.05, 3.63) is 77.1 Å². The maximum atomic E-state index is 12.9. The summed E-state index contributed by atoms with van der Waals surface area (Å²) in [4.78, 5) is 36.0. The topological polar surface area (TPSA) is 87.2 Å². The predicted octanol–water partition coefficient (Wildman–Crippen LogP) is 4.23. The van der Waals surface area contributed by atoms with E-state index in [0.29, 0.717) is 22.9 Å². The zero-order valence-electron chi connectivity index (χ0n) is 16.1. The standard InChI is InChI=1S/C22H20ClN5O2/c23-16-14-24-22(28-12-6-7-13-28)27-19(16)21(30)26-18-11-5-4-10-17(18)25-20(29)15-8-2-1-3-9-15/h1-5,8-11,14H,6-7,12-13H2,(H,25,29)(H,26,30). The Balaban J connectivity index is 1.54. The Hall–Kier alpha value is -3.45. The maximum Gasteiger partial charge on any atom is 0.276 e. The monoisotopic (exact) mass is 421 g/mol. The van der Waals surface area contributed by atoms with Crippen LogP contribution in [-0.2, 0) is 0 Å². The fourth-order valence-electron chi connectivity index (χ4n) is 3.25. The highest BCUT2D eigenvalue weighted by Crippen LogP contribution is 2.25. The zero-order chi connectivity index (χ0) is 20.9. The van der Waals surface area contributed by atoms with E-state index in [1.54, 1.807) is 48.5 Å². The number of nitrogens with one attached hydrogen (secondary N) is 2. The lowest BCUT2D eigenvalue weighted by atomic mass is 10.2. The van der Waals surface area contributed by atoms with E-state index in [2.05, 4.69) is 20.6 Å². The van der Waals surface area contributed by atoms with Crippen molar-refractivity contribution in [2.75, 3.05) is 28.6 Å². The summed E-state index contributed by atoms with van der Waals surface area (Å²) in [5, 5.41) is 5.79. The molecular formula is C22H20ClN5O2. The van der Waals surface area contributed by atoms with Crippen LogP contribution in [0.1, 0.15) is 33.7 Å². The smallest absolute Gasteiger partial charge is 0.276 e. The summed E-state index contributed by atoms with van der Waals surface area (Å²) < 4.78 is 0. The molecule has 2 heterocycles. The number of amides is 2. The molecule has 8 heteroatoms. The van der Waals surface area contributed by atoms with Gasteiger partial charge in [0.15, 0.2) is 5.69 Å². The number of halogens is 1. The van der Waals surface area contributed by atoms with Gasteiger partial charge in [0.25, 0.3) is 11.8 Å². The Morgan fingerprint density at radius 3 is 2.13 bits per heavy atom. The van der Waals surface area contributed by atoms with Gasteiger partial charge in [-0.05, 0) is 37.1 Å². The van der Waals surface area contributed by atoms with Crippen molar-refractivity contribution in [2.45, 2.75) is 12.8 Å². The molecule has 0 unspecified atom stereocenters. The summed E-state index contributed by atoms with van der Waals surface area (Å²) >= 11 is 6.19. The van der Waals surface area contributed by atoms with Gasteiger partial charge in [0, 0.05) is 18.7 Å². The van der Waals surface area contributed by atoms with Crippen LogP contribution in [0.3, 0.4) is 0 Å². The molecule has 0 saturated carbocycles. The lowest BCUT2D eigenvalue weighted by Gasteiger charge is -2.16. The number of carbonyl (C=O) groups excluding carboxylic acids is 2. The van der Waals surface area contributed by atoms with Crippen molar-refractivity contribution in [1.29, 1.82) is 0 Å². The molecule has 1 fully saturated rings. The minimum absolute atomic E-state index is 0.0951. The van der Waals surface area contributed by atoms with Gasteiger partial charge >= 0.3 is 0 Å². The van der Waals surface area contributed by atoms with Crippen molar-refractivity contribution in [3.63, 3.8) is 0 Å². The lowest BCUT2D eigenvalue weighted by Crippen LogP contribution is -2.23. The van der Waals surface area contributed by atoms with Crippen molar-refractivity contribution in [1.82, 2.24) is 9.97 Å². The van der Waals surface area contributed by atoms with E-state index in [1.165, 1.54) is 6.20 Å². The van der Waals surface area contributed by atoms with Gasteiger partial charge in [0.05, 0.1) is 22.6 Å². The Kier molecular flexibility index (Phi) is 5.90. The molecule has 7 nitrogen and oxygen atoms in total. The average Bonchev–Trinajstić information content (AvgIpc) is 3.31. The molecule has 0 radical (unpaired) electrons. The lowest BCUT2D eigenvalue weighted by molar-refractivity contribution is 0.101. The number of carbonyl (C=O) groups is 2. The highest BCUT2D eigenvalue weighted by Gasteiger charge is 2.20. The summed E-state index contributed by atoms with van der Waals surface area (Å²) in [5.74, 6) is -0.245. The summed E-state index contributed by atoms with van der Waals surface area (Å²) in [7, 11) is 0. The molecule has 2 aromatic carbocycles. The second kappa shape index (κ2) is 8.92. The van der Waals surface area contributed by atoms with Crippen molar-refractivity contribution in [2.24, 2.45) is 0 Å². The van der Waals surface area contributed by atoms with Gasteiger partial charge in [-0.3, -0.25) is 9.59 Å². The van der Waals surface area contributed by atoms with E-state index in [1.807, 2.05) is 11.0 Å². The molecule has 1 aromatic heterocycles. The van der Waals surface area contributed by atoms with Gasteiger partial charge in [-0.25, -0.2) is 9.97 Å². The molecule has 4 rings (SSSR count). The molecule has 0 atom stereocenters. The quantitative estimate of drug-likeness (QED) is 0.643. The fraction of sp³-hybridized carbons (Fsp3) is 0.182. The minimum Gasteiger partial charge on any atom is -0.341 e. The Bertz CT molecular complexity index is 1070. The summed E-state index contributed by atoms with van der Waals surface area (Å²) in [6.07, 6.45) is 3.59. The fourth-order valence-corrected chi connectivity index (χ4v) is 3.43. The Morgan fingerprint density at radius 2 is 1.47 bits per heavy atom. The summed E-state index contributed by atoms with van der Waals surface area (Å²) in [6, 6.07) is 15.8. The second-order valence-electron chi connectivity index (χ2n) is 6.88. The SMILES string of the molecule is O=C(Nc1ccccc1NC(=O)c1nc(N2CCCC2)ncc1Cl)c1ccccc1. The van der Waals surface area contributed by atoms with E-state index in [9.17, 15) is 9.59 Å². The van der Waals surface area contributed by atoms with Gasteiger partial charge in [-0.2, -0.15) is 0 Å². The number of hydrogen-bond donors (Lipinski definition) is 2. The average molecular weight is 422 g/mol. The van der Waals surface area contributed by atoms with Crippen molar-refractivity contribution >= 4 is 40.7 Å². The molecule has 0 aliphatic carbocycles. The molecule has 2 amide bonds. The maximum absolute atomic E-state index is 12.9. The van der Waals surface area contributed by atoms with Crippen LogP contribution in [0.5, 0.6) is 0 Å². The van der Waals surface area contributed by atoms with Crippen LogP contribution in [0.25, 0.3) is 0 Å². The third-order valence-electron chi connectivity index (χ3n) is 4.79. The molecular weight excluding hydrogens is 402 g/mol. The van der Waals surface area contributed by atoms with Crippen LogP contribution >= 0.6 is 11.6 Å². The molecule has 2 N–H and O–H groups in total. The third-order valence-corrected chi connectivity index (χ3v) is 5.07. The van der Waals surface area contributed by atoms with Crippen LogP contribution in [0.2, 0.25) is 5.02 Å². The van der Waals surface area contributed by atoms with Gasteiger partial charge in [0.1, 0.15) is 0 Å². The van der Waals surface area contributed by atoms with Gasteiger partial charge in [-0.15, -0.1) is 0 Å².